The van der Waals surface area contributed by atoms with Crippen LogP contribution in [0, 0.1) is 0 Å². The second kappa shape index (κ2) is 11.1. The first kappa shape index (κ1) is 26.1. The van der Waals surface area contributed by atoms with Crippen LogP contribution in [0.15, 0.2) is 35.3 Å². The van der Waals surface area contributed by atoms with Gasteiger partial charge in [0.1, 0.15) is 37.8 Å². The molecule has 0 unspecified atom stereocenters. The number of rotatable bonds is 7. The van der Waals surface area contributed by atoms with Crippen LogP contribution in [0.1, 0.15) is 34.6 Å². The number of pyridine rings is 2. The number of hydrogen-bond acceptors (Lipinski definition) is 12. The van der Waals surface area contributed by atoms with Gasteiger partial charge in [0, 0.05) is 34.3 Å². The van der Waals surface area contributed by atoms with Crippen molar-refractivity contribution in [2.75, 3.05) is 39.6 Å². The van der Waals surface area contributed by atoms with E-state index in [0.29, 0.717) is 60.6 Å². The average Bonchev–Trinajstić information content (AvgIpc) is 3.62. The number of esters is 2. The zero-order valence-electron chi connectivity index (χ0n) is 21.7. The summed E-state index contributed by atoms with van der Waals surface area (Å²) in [6, 6.07) is 3.35. The topological polar surface area (TPSA) is 115 Å². The van der Waals surface area contributed by atoms with Crippen molar-refractivity contribution < 1.29 is 38.0 Å². The van der Waals surface area contributed by atoms with E-state index in [1.165, 1.54) is 22.7 Å². The number of carbonyl (C=O) groups is 2. The third-order valence-electron chi connectivity index (χ3n) is 6.12. The summed E-state index contributed by atoms with van der Waals surface area (Å²) < 4.78 is 33.7. The van der Waals surface area contributed by atoms with Gasteiger partial charge in [-0.1, -0.05) is 0 Å². The van der Waals surface area contributed by atoms with Crippen LogP contribution in [0.3, 0.4) is 0 Å². The number of ether oxygens (including phenoxy) is 6. The molecule has 0 atom stereocenters. The fourth-order valence-corrected chi connectivity index (χ4v) is 6.24. The van der Waals surface area contributed by atoms with Crippen molar-refractivity contribution in [2.24, 2.45) is 0 Å². The highest BCUT2D eigenvalue weighted by atomic mass is 32.1. The van der Waals surface area contributed by atoms with Gasteiger partial charge in [-0.25, -0.2) is 9.59 Å². The van der Waals surface area contributed by atoms with E-state index in [1.54, 1.807) is 38.4 Å². The first-order chi connectivity index (χ1) is 19.6. The van der Waals surface area contributed by atoms with Crippen LogP contribution in [0.2, 0.25) is 0 Å². The Kier molecular flexibility index (Phi) is 7.27. The van der Waals surface area contributed by atoms with Gasteiger partial charge in [0.15, 0.2) is 23.0 Å². The number of fused-ring (bicyclic) bond motifs is 2. The number of hydrogen-bond donors (Lipinski definition) is 0. The van der Waals surface area contributed by atoms with Gasteiger partial charge in [0.05, 0.1) is 34.1 Å². The van der Waals surface area contributed by atoms with Crippen LogP contribution in [0.25, 0.3) is 32.3 Å². The van der Waals surface area contributed by atoms with Crippen LogP contribution in [0.5, 0.6) is 23.0 Å². The molecule has 0 aromatic carbocycles. The Morgan fingerprint density at radius 3 is 1.57 bits per heavy atom. The van der Waals surface area contributed by atoms with E-state index in [9.17, 15) is 9.59 Å². The molecular formula is C28H24N2O8S2. The van der Waals surface area contributed by atoms with Crippen LogP contribution in [0.4, 0.5) is 0 Å². The monoisotopic (exact) mass is 580 g/mol. The zero-order chi connectivity index (χ0) is 27.6. The molecule has 10 nitrogen and oxygen atoms in total. The second-order valence-corrected chi connectivity index (χ2v) is 10.4. The molecule has 0 bridgehead atoms. The predicted molar refractivity (Wildman–Crippen MR) is 148 cm³/mol. The minimum atomic E-state index is -0.590. The standard InChI is InChI=1S/C28H24N2O8S2/c1-3-33-27(31)17-9-15(25-23-19(13-39-25)35-5-7-37-23)11-29-21(17)22-18(28(32)34-4-2)10-16(12-30-22)26-24-20(14-40-26)36-6-8-38-24/h9-14H,3-8H2,1-2H3. The quantitative estimate of drug-likeness (QED) is 0.260. The van der Waals surface area contributed by atoms with E-state index in [1.807, 2.05) is 10.8 Å². The number of nitrogens with zero attached hydrogens (tertiary/aromatic N) is 2. The van der Waals surface area contributed by atoms with Crippen molar-refractivity contribution in [3.63, 3.8) is 0 Å². The van der Waals surface area contributed by atoms with Crippen molar-refractivity contribution in [3.05, 3.63) is 46.4 Å². The lowest BCUT2D eigenvalue weighted by Gasteiger charge is -2.17. The van der Waals surface area contributed by atoms with Gasteiger partial charge < -0.3 is 28.4 Å². The van der Waals surface area contributed by atoms with Gasteiger partial charge in [-0.05, 0) is 26.0 Å². The highest BCUT2D eigenvalue weighted by Gasteiger charge is 2.28. The predicted octanol–water partition coefficient (Wildman–Crippen LogP) is 5.50. The second-order valence-electron chi connectivity index (χ2n) is 8.59. The molecule has 6 rings (SSSR count). The van der Waals surface area contributed by atoms with E-state index in [-0.39, 0.29) is 35.7 Å². The molecule has 0 spiro atoms. The maximum Gasteiger partial charge on any atom is 0.340 e. The van der Waals surface area contributed by atoms with Crippen molar-refractivity contribution in [2.45, 2.75) is 13.8 Å². The van der Waals surface area contributed by atoms with E-state index in [0.717, 1.165) is 9.75 Å². The lowest BCUT2D eigenvalue weighted by molar-refractivity contribution is 0.0514. The molecule has 4 aromatic heterocycles. The number of aromatic nitrogens is 2. The first-order valence-electron chi connectivity index (χ1n) is 12.7. The van der Waals surface area contributed by atoms with Crippen LogP contribution >= 0.6 is 22.7 Å². The summed E-state index contributed by atoms with van der Waals surface area (Å²) >= 11 is 2.85. The third kappa shape index (κ3) is 4.73. The summed E-state index contributed by atoms with van der Waals surface area (Å²) in [6.07, 6.45) is 3.24. The molecule has 0 fully saturated rings. The van der Waals surface area contributed by atoms with Crippen LogP contribution in [-0.4, -0.2) is 61.5 Å². The molecule has 40 heavy (non-hydrogen) atoms. The Hall–Kier alpha value is -4.16. The van der Waals surface area contributed by atoms with E-state index >= 15 is 0 Å². The maximum atomic E-state index is 13.2. The molecule has 6 heterocycles. The molecule has 2 aliphatic heterocycles. The molecule has 0 radical (unpaired) electrons. The molecule has 12 heteroatoms. The first-order valence-corrected chi connectivity index (χ1v) is 14.4. The van der Waals surface area contributed by atoms with Crippen LogP contribution in [-0.2, 0) is 9.47 Å². The molecule has 0 saturated heterocycles. The minimum absolute atomic E-state index is 0.161. The zero-order valence-corrected chi connectivity index (χ0v) is 23.3. The summed E-state index contributed by atoms with van der Waals surface area (Å²) in [4.78, 5) is 37.2. The summed E-state index contributed by atoms with van der Waals surface area (Å²) in [5.74, 6) is 1.35. The molecule has 2 aliphatic rings. The highest BCUT2D eigenvalue weighted by molar-refractivity contribution is 7.14. The lowest BCUT2D eigenvalue weighted by Crippen LogP contribution is -2.15. The SMILES string of the molecule is CCOC(=O)c1cc(-c2scc3c2OCCO3)cnc1-c1ncc(-c2scc3c2OCCO3)cc1C(=O)OCC. The lowest BCUT2D eigenvalue weighted by atomic mass is 10.0. The van der Waals surface area contributed by atoms with Crippen LogP contribution < -0.4 is 18.9 Å². The van der Waals surface area contributed by atoms with Gasteiger partial charge in [0.25, 0.3) is 0 Å². The normalized spacial score (nSPS) is 13.6. The third-order valence-corrected chi connectivity index (χ3v) is 8.09. The fourth-order valence-electron chi connectivity index (χ4n) is 4.41. The Balaban J connectivity index is 1.48. The molecular weight excluding hydrogens is 556 g/mol. The van der Waals surface area contributed by atoms with Gasteiger partial charge in [-0.3, -0.25) is 9.97 Å². The molecule has 0 saturated carbocycles. The Labute approximate surface area is 237 Å². The van der Waals surface area contributed by atoms with E-state index in [4.69, 9.17) is 28.4 Å². The number of thiophene rings is 2. The van der Waals surface area contributed by atoms with E-state index in [2.05, 4.69) is 9.97 Å². The Morgan fingerprint density at radius 2 is 1.15 bits per heavy atom. The molecule has 0 N–H and O–H groups in total. The van der Waals surface area contributed by atoms with Crippen molar-refractivity contribution >= 4 is 34.6 Å². The summed E-state index contributed by atoms with van der Waals surface area (Å²) in [5, 5.41) is 3.72. The summed E-state index contributed by atoms with van der Waals surface area (Å²) in [7, 11) is 0. The maximum absolute atomic E-state index is 13.2. The largest absolute Gasteiger partial charge is 0.485 e. The van der Waals surface area contributed by atoms with Gasteiger partial charge >= 0.3 is 11.9 Å². The van der Waals surface area contributed by atoms with Crippen molar-refractivity contribution in [3.8, 4) is 55.3 Å². The van der Waals surface area contributed by atoms with Crippen molar-refractivity contribution in [1.82, 2.24) is 9.97 Å². The van der Waals surface area contributed by atoms with Gasteiger partial charge in [-0.2, -0.15) is 0 Å². The molecule has 206 valence electrons. The Morgan fingerprint density at radius 1 is 0.725 bits per heavy atom. The fraction of sp³-hybridized carbons (Fsp3) is 0.286. The molecule has 4 aromatic rings. The summed E-state index contributed by atoms with van der Waals surface area (Å²) in [5.41, 5.74) is 2.03. The highest BCUT2D eigenvalue weighted by Crippen LogP contribution is 2.47. The smallest absolute Gasteiger partial charge is 0.340 e. The molecule has 0 aliphatic carbocycles. The van der Waals surface area contributed by atoms with Gasteiger partial charge in [0.2, 0.25) is 0 Å². The average molecular weight is 581 g/mol. The summed E-state index contributed by atoms with van der Waals surface area (Å²) in [6.45, 7) is 5.57. The van der Waals surface area contributed by atoms with Crippen molar-refractivity contribution in [1.29, 1.82) is 0 Å². The minimum Gasteiger partial charge on any atom is -0.485 e. The Bertz CT molecular complexity index is 1480. The molecule has 0 amide bonds. The number of carbonyl (C=O) groups excluding carboxylic acids is 2. The van der Waals surface area contributed by atoms with E-state index < -0.39 is 11.9 Å². The van der Waals surface area contributed by atoms with Gasteiger partial charge in [-0.15, -0.1) is 22.7 Å².